The van der Waals surface area contributed by atoms with E-state index in [2.05, 4.69) is 0 Å². The second-order valence-corrected chi connectivity index (χ2v) is 6.76. The Bertz CT molecular complexity index is 576. The molecule has 4 nitrogen and oxygen atoms in total. The van der Waals surface area contributed by atoms with Gasteiger partial charge >= 0.3 is 0 Å². The number of sulfonamides is 1. The molecule has 0 aliphatic heterocycles. The molecule has 1 atom stereocenters. The molecule has 0 radical (unpaired) electrons. The van der Waals surface area contributed by atoms with E-state index in [1.165, 1.54) is 6.07 Å². The lowest BCUT2D eigenvalue weighted by atomic mass is 10.2. The van der Waals surface area contributed by atoms with Gasteiger partial charge in [0.25, 0.3) is 0 Å². The normalized spacial score (nSPS) is 13.2. The largest absolute Gasteiger partial charge is 0.243 e. The van der Waals surface area contributed by atoms with Crippen LogP contribution in [0.15, 0.2) is 29.2 Å². The van der Waals surface area contributed by atoms with E-state index in [4.69, 9.17) is 5.26 Å². The molecule has 0 saturated heterocycles. The number of unbranched alkanes of at least 4 members (excludes halogenated alkanes) is 1. The molecule has 20 heavy (non-hydrogen) atoms. The summed E-state index contributed by atoms with van der Waals surface area (Å²) in [6, 6.07) is 8.15. The van der Waals surface area contributed by atoms with Gasteiger partial charge in [0.05, 0.1) is 16.5 Å². The lowest BCUT2D eigenvalue weighted by molar-refractivity contribution is 0.324. The van der Waals surface area contributed by atoms with Crippen LogP contribution in [0.1, 0.15) is 45.6 Å². The number of hydrogen-bond acceptors (Lipinski definition) is 3. The maximum absolute atomic E-state index is 12.7. The minimum Gasteiger partial charge on any atom is -0.207 e. The van der Waals surface area contributed by atoms with Gasteiger partial charge in [0.2, 0.25) is 10.0 Å². The first-order valence-electron chi connectivity index (χ1n) is 6.99. The molecular weight excluding hydrogens is 272 g/mol. The van der Waals surface area contributed by atoms with Crippen LogP contribution in [-0.2, 0) is 10.0 Å². The molecule has 0 aliphatic rings. The molecular formula is C15H22N2O2S. The van der Waals surface area contributed by atoms with Crippen molar-refractivity contribution in [1.82, 2.24) is 4.31 Å². The fourth-order valence-corrected chi connectivity index (χ4v) is 3.75. The molecule has 0 spiro atoms. The van der Waals surface area contributed by atoms with Gasteiger partial charge < -0.3 is 0 Å². The highest BCUT2D eigenvalue weighted by atomic mass is 32.2. The summed E-state index contributed by atoms with van der Waals surface area (Å²) < 4.78 is 27.0. The molecule has 1 aromatic carbocycles. The van der Waals surface area contributed by atoms with Gasteiger partial charge in [0, 0.05) is 12.6 Å². The van der Waals surface area contributed by atoms with Crippen molar-refractivity contribution in [3.05, 3.63) is 29.8 Å². The van der Waals surface area contributed by atoms with Crippen molar-refractivity contribution in [2.75, 3.05) is 6.54 Å². The summed E-state index contributed by atoms with van der Waals surface area (Å²) in [5.41, 5.74) is 0.366. The Balaban J connectivity index is 3.18. The monoisotopic (exact) mass is 294 g/mol. The average Bonchev–Trinajstić information content (AvgIpc) is 2.47. The SMILES string of the molecule is CCCCN(C(C)CC)S(=O)(=O)c1cccc(C#N)c1. The van der Waals surface area contributed by atoms with E-state index in [0.29, 0.717) is 12.1 Å². The molecule has 0 N–H and O–H groups in total. The number of benzene rings is 1. The van der Waals surface area contributed by atoms with Crippen LogP contribution in [0.4, 0.5) is 0 Å². The Morgan fingerprint density at radius 1 is 1.35 bits per heavy atom. The Morgan fingerprint density at radius 2 is 2.05 bits per heavy atom. The zero-order chi connectivity index (χ0) is 15.2. The van der Waals surface area contributed by atoms with Crippen molar-refractivity contribution in [2.45, 2.75) is 51.0 Å². The van der Waals surface area contributed by atoms with Gasteiger partial charge in [-0.15, -0.1) is 0 Å². The number of nitrogens with zero attached hydrogens (tertiary/aromatic N) is 2. The highest BCUT2D eigenvalue weighted by Gasteiger charge is 2.27. The van der Waals surface area contributed by atoms with Gasteiger partial charge in [-0.25, -0.2) is 8.42 Å². The van der Waals surface area contributed by atoms with Crippen LogP contribution >= 0.6 is 0 Å². The Morgan fingerprint density at radius 3 is 2.60 bits per heavy atom. The molecule has 0 bridgehead atoms. The maximum Gasteiger partial charge on any atom is 0.243 e. The fraction of sp³-hybridized carbons (Fsp3) is 0.533. The van der Waals surface area contributed by atoms with Gasteiger partial charge in [-0.1, -0.05) is 26.3 Å². The summed E-state index contributed by atoms with van der Waals surface area (Å²) in [7, 11) is -3.54. The first-order chi connectivity index (χ1) is 9.47. The fourth-order valence-electron chi connectivity index (χ4n) is 1.96. The zero-order valence-corrected chi connectivity index (χ0v) is 13.2. The van der Waals surface area contributed by atoms with E-state index in [-0.39, 0.29) is 10.9 Å². The van der Waals surface area contributed by atoms with E-state index in [1.807, 2.05) is 26.8 Å². The molecule has 0 aromatic heterocycles. The van der Waals surface area contributed by atoms with Crippen molar-refractivity contribution in [1.29, 1.82) is 5.26 Å². The Kier molecular flexibility index (Phi) is 6.18. The predicted molar refractivity (Wildman–Crippen MR) is 79.7 cm³/mol. The van der Waals surface area contributed by atoms with Crippen molar-refractivity contribution in [3.8, 4) is 6.07 Å². The number of nitriles is 1. The molecule has 0 amide bonds. The third-order valence-corrected chi connectivity index (χ3v) is 5.39. The second-order valence-electron chi connectivity index (χ2n) is 4.87. The van der Waals surface area contributed by atoms with Gasteiger partial charge in [0.15, 0.2) is 0 Å². The predicted octanol–water partition coefficient (Wildman–Crippen LogP) is 3.15. The molecule has 5 heteroatoms. The Hall–Kier alpha value is -1.38. The standard InChI is InChI=1S/C15H22N2O2S/c1-4-6-10-17(13(3)5-2)20(18,19)15-9-7-8-14(11-15)12-16/h7-9,11,13H,4-6,10H2,1-3H3. The van der Waals surface area contributed by atoms with Gasteiger partial charge in [0.1, 0.15) is 0 Å². The third-order valence-electron chi connectivity index (χ3n) is 3.38. The van der Waals surface area contributed by atoms with Crippen molar-refractivity contribution in [3.63, 3.8) is 0 Å². The van der Waals surface area contributed by atoms with Crippen molar-refractivity contribution < 1.29 is 8.42 Å². The summed E-state index contributed by atoms with van der Waals surface area (Å²) >= 11 is 0. The molecule has 1 aromatic rings. The minimum absolute atomic E-state index is 0.0442. The summed E-state index contributed by atoms with van der Waals surface area (Å²) in [6.45, 7) is 6.45. The van der Waals surface area contributed by atoms with Crippen LogP contribution in [0.5, 0.6) is 0 Å². The summed E-state index contributed by atoms with van der Waals surface area (Å²) in [6.07, 6.45) is 2.54. The average molecular weight is 294 g/mol. The van der Waals surface area contributed by atoms with E-state index >= 15 is 0 Å². The summed E-state index contributed by atoms with van der Waals surface area (Å²) in [5.74, 6) is 0. The number of rotatable bonds is 7. The van der Waals surface area contributed by atoms with E-state index in [1.54, 1.807) is 22.5 Å². The first-order valence-corrected chi connectivity index (χ1v) is 8.43. The highest BCUT2D eigenvalue weighted by Crippen LogP contribution is 2.21. The molecule has 0 heterocycles. The van der Waals surface area contributed by atoms with Crippen LogP contribution in [0.3, 0.4) is 0 Å². The van der Waals surface area contributed by atoms with Crippen molar-refractivity contribution >= 4 is 10.0 Å². The first kappa shape index (κ1) is 16.7. The summed E-state index contributed by atoms with van der Waals surface area (Å²) in [5, 5.41) is 8.90. The van der Waals surface area contributed by atoms with E-state index < -0.39 is 10.0 Å². The molecule has 1 unspecified atom stereocenters. The van der Waals surface area contributed by atoms with E-state index in [9.17, 15) is 8.42 Å². The van der Waals surface area contributed by atoms with Crippen LogP contribution in [0.25, 0.3) is 0 Å². The van der Waals surface area contributed by atoms with Crippen LogP contribution in [0.2, 0.25) is 0 Å². The van der Waals surface area contributed by atoms with Crippen LogP contribution < -0.4 is 0 Å². The topological polar surface area (TPSA) is 61.2 Å². The van der Waals surface area contributed by atoms with E-state index in [0.717, 1.165) is 19.3 Å². The summed E-state index contributed by atoms with van der Waals surface area (Å²) in [4.78, 5) is 0.202. The highest BCUT2D eigenvalue weighted by molar-refractivity contribution is 7.89. The smallest absolute Gasteiger partial charge is 0.207 e. The molecule has 110 valence electrons. The zero-order valence-electron chi connectivity index (χ0n) is 12.3. The van der Waals surface area contributed by atoms with Crippen molar-refractivity contribution in [2.24, 2.45) is 0 Å². The lowest BCUT2D eigenvalue weighted by Crippen LogP contribution is -2.39. The quantitative estimate of drug-likeness (QED) is 0.776. The molecule has 0 aliphatic carbocycles. The molecule has 0 fully saturated rings. The lowest BCUT2D eigenvalue weighted by Gasteiger charge is -2.27. The van der Waals surface area contributed by atoms with Gasteiger partial charge in [-0.2, -0.15) is 9.57 Å². The number of hydrogen-bond donors (Lipinski definition) is 0. The maximum atomic E-state index is 12.7. The van der Waals surface area contributed by atoms with Crippen LogP contribution in [-0.4, -0.2) is 25.3 Å². The van der Waals surface area contributed by atoms with Gasteiger partial charge in [-0.05, 0) is 38.0 Å². The van der Waals surface area contributed by atoms with Crippen LogP contribution in [0, 0.1) is 11.3 Å². The second kappa shape index (κ2) is 7.41. The Labute approximate surface area is 122 Å². The minimum atomic E-state index is -3.54. The van der Waals surface area contributed by atoms with Gasteiger partial charge in [-0.3, -0.25) is 0 Å². The third kappa shape index (κ3) is 3.81. The molecule has 0 saturated carbocycles. The molecule has 1 rings (SSSR count).